The predicted octanol–water partition coefficient (Wildman–Crippen LogP) is 0.0932. The molecule has 4 N–H and O–H groups in total. The van der Waals surface area contributed by atoms with E-state index in [2.05, 4.69) is 10.6 Å². The maximum absolute atomic E-state index is 12.2. The minimum absolute atomic E-state index is 0. The second-order valence-corrected chi connectivity index (χ2v) is 5.53. The summed E-state index contributed by atoms with van der Waals surface area (Å²) in [4.78, 5) is 12.2. The third-order valence-electron chi connectivity index (χ3n) is 3.58. The minimum Gasteiger partial charge on any atom is -1.00 e. The molecule has 0 unspecified atom stereocenters. The number of anilines is 4. The highest BCUT2D eigenvalue weighted by Crippen LogP contribution is 2.18. The van der Waals surface area contributed by atoms with Crippen LogP contribution < -0.4 is 37.9 Å². The van der Waals surface area contributed by atoms with Gasteiger partial charge in [0.25, 0.3) is 5.91 Å². The van der Waals surface area contributed by atoms with Gasteiger partial charge in [-0.1, -0.05) is 0 Å². The van der Waals surface area contributed by atoms with Gasteiger partial charge in [-0.2, -0.15) is 0 Å². The van der Waals surface area contributed by atoms with E-state index in [1.165, 1.54) is 0 Å². The fourth-order valence-electron chi connectivity index (χ4n) is 2.23. The van der Waals surface area contributed by atoms with Crippen LogP contribution in [0.3, 0.4) is 0 Å². The lowest BCUT2D eigenvalue weighted by Crippen LogP contribution is -3.00. The van der Waals surface area contributed by atoms with Gasteiger partial charge in [-0.25, -0.2) is 4.57 Å². The van der Waals surface area contributed by atoms with Crippen molar-refractivity contribution >= 4 is 28.7 Å². The third kappa shape index (κ3) is 5.06. The van der Waals surface area contributed by atoms with E-state index in [1.54, 1.807) is 24.3 Å². The number of pyridine rings is 1. The van der Waals surface area contributed by atoms with Crippen LogP contribution in [0, 0.1) is 0 Å². The van der Waals surface area contributed by atoms with Crippen molar-refractivity contribution in [1.82, 2.24) is 0 Å². The summed E-state index contributed by atoms with van der Waals surface area (Å²) < 4.78 is 1.97. The highest BCUT2D eigenvalue weighted by Gasteiger charge is 2.05. The molecule has 0 atom stereocenters. The van der Waals surface area contributed by atoms with Crippen LogP contribution >= 0.6 is 0 Å². The SMILES string of the molecule is C[n+]1ccc(Nc2ccc(NC(=O)c3ccc(N)cc3)cc2)cc1.[Br-]. The topological polar surface area (TPSA) is 71.0 Å². The minimum atomic E-state index is -0.161. The lowest BCUT2D eigenvalue weighted by molar-refractivity contribution is -0.671. The summed E-state index contributed by atoms with van der Waals surface area (Å²) in [6.07, 6.45) is 3.95. The van der Waals surface area contributed by atoms with Crippen LogP contribution in [0.4, 0.5) is 22.7 Å². The Labute approximate surface area is 157 Å². The van der Waals surface area contributed by atoms with Gasteiger partial charge in [-0.15, -0.1) is 0 Å². The monoisotopic (exact) mass is 398 g/mol. The molecule has 0 aliphatic heterocycles. The molecular weight excluding hydrogens is 380 g/mol. The summed E-state index contributed by atoms with van der Waals surface area (Å²) >= 11 is 0. The lowest BCUT2D eigenvalue weighted by atomic mass is 10.2. The van der Waals surface area contributed by atoms with Crippen LogP contribution in [0.1, 0.15) is 10.4 Å². The number of benzene rings is 2. The smallest absolute Gasteiger partial charge is 0.255 e. The molecule has 1 amide bonds. The number of nitrogens with two attached hydrogens (primary N) is 1. The van der Waals surface area contributed by atoms with Crippen molar-refractivity contribution in [2.45, 2.75) is 0 Å². The molecule has 0 saturated carbocycles. The van der Waals surface area contributed by atoms with E-state index in [-0.39, 0.29) is 22.9 Å². The number of nitrogens with one attached hydrogen (secondary N) is 2. The van der Waals surface area contributed by atoms with E-state index in [0.29, 0.717) is 11.3 Å². The molecule has 0 aliphatic rings. The molecule has 1 aromatic heterocycles. The molecule has 0 fully saturated rings. The Morgan fingerprint density at radius 2 is 1.36 bits per heavy atom. The van der Waals surface area contributed by atoms with Crippen LogP contribution in [0.15, 0.2) is 73.1 Å². The number of rotatable bonds is 4. The summed E-state index contributed by atoms with van der Waals surface area (Å²) in [6, 6.07) is 18.4. The molecule has 0 spiro atoms. The molecule has 0 saturated heterocycles. The molecule has 5 nitrogen and oxygen atoms in total. The highest BCUT2D eigenvalue weighted by atomic mass is 79.9. The number of nitrogens with zero attached hydrogens (tertiary/aromatic N) is 1. The molecule has 2 aromatic carbocycles. The zero-order valence-electron chi connectivity index (χ0n) is 13.7. The number of carbonyl (C=O) groups is 1. The third-order valence-corrected chi connectivity index (χ3v) is 3.58. The normalized spacial score (nSPS) is 9.80. The molecule has 25 heavy (non-hydrogen) atoms. The van der Waals surface area contributed by atoms with Crippen molar-refractivity contribution in [2.24, 2.45) is 7.05 Å². The molecule has 3 rings (SSSR count). The average Bonchev–Trinajstić information content (AvgIpc) is 2.59. The predicted molar refractivity (Wildman–Crippen MR) is 96.2 cm³/mol. The number of aromatic nitrogens is 1. The second kappa shape index (κ2) is 8.30. The average molecular weight is 399 g/mol. The highest BCUT2D eigenvalue weighted by molar-refractivity contribution is 6.04. The van der Waals surface area contributed by atoms with Gasteiger partial charge in [-0.3, -0.25) is 4.79 Å². The summed E-state index contributed by atoms with van der Waals surface area (Å²) in [5.41, 5.74) is 9.53. The standard InChI is InChI=1S/C19H18N4O.BrH/c1-23-12-10-18(11-13-23)21-16-6-8-17(9-7-16)22-19(24)14-2-4-15(20)5-3-14;/h2-13H,1H3,(H3,20,22,24);1H. The second-order valence-electron chi connectivity index (χ2n) is 5.53. The number of halogens is 1. The van der Waals surface area contributed by atoms with E-state index in [0.717, 1.165) is 17.1 Å². The first-order chi connectivity index (χ1) is 11.6. The molecular formula is C19H19BrN4O. The molecule has 0 radical (unpaired) electrons. The summed E-state index contributed by atoms with van der Waals surface area (Å²) in [5, 5.41) is 6.17. The van der Waals surface area contributed by atoms with Crippen molar-refractivity contribution in [1.29, 1.82) is 0 Å². The maximum atomic E-state index is 12.2. The van der Waals surface area contributed by atoms with Crippen LogP contribution in [-0.2, 0) is 7.05 Å². The van der Waals surface area contributed by atoms with Gasteiger partial charge in [0.05, 0.1) is 5.69 Å². The van der Waals surface area contributed by atoms with Gasteiger partial charge in [-0.05, 0) is 48.5 Å². The summed E-state index contributed by atoms with van der Waals surface area (Å²) in [5.74, 6) is -0.161. The van der Waals surface area contributed by atoms with Gasteiger partial charge >= 0.3 is 0 Å². The Hall–Kier alpha value is -2.86. The van der Waals surface area contributed by atoms with Crippen molar-refractivity contribution < 1.29 is 26.3 Å². The van der Waals surface area contributed by atoms with Gasteiger partial charge in [0.2, 0.25) is 0 Å². The fraction of sp³-hybridized carbons (Fsp3) is 0.0526. The van der Waals surface area contributed by atoms with Crippen LogP contribution in [-0.4, -0.2) is 5.91 Å². The zero-order valence-corrected chi connectivity index (χ0v) is 15.3. The molecule has 128 valence electrons. The Bertz CT molecular complexity index is 831. The number of carbonyl (C=O) groups excluding carboxylic acids is 1. The van der Waals surface area contributed by atoms with Gasteiger partial charge in [0.1, 0.15) is 7.05 Å². The van der Waals surface area contributed by atoms with Gasteiger partial charge in [0.15, 0.2) is 12.4 Å². The number of hydrogen-bond acceptors (Lipinski definition) is 3. The Morgan fingerprint density at radius 3 is 1.96 bits per heavy atom. The van der Waals surface area contributed by atoms with Gasteiger partial charge in [0, 0.05) is 34.8 Å². The number of aryl methyl sites for hydroxylation is 1. The van der Waals surface area contributed by atoms with E-state index < -0.39 is 0 Å². The van der Waals surface area contributed by atoms with Crippen molar-refractivity contribution in [3.8, 4) is 0 Å². The largest absolute Gasteiger partial charge is 1.00 e. The first-order valence-corrected chi connectivity index (χ1v) is 7.59. The van der Waals surface area contributed by atoms with Gasteiger partial charge < -0.3 is 33.3 Å². The summed E-state index contributed by atoms with van der Waals surface area (Å²) in [6.45, 7) is 0. The molecule has 6 heteroatoms. The van der Waals surface area contributed by atoms with E-state index in [9.17, 15) is 4.79 Å². The molecule has 1 heterocycles. The Morgan fingerprint density at radius 1 is 0.840 bits per heavy atom. The first kappa shape index (κ1) is 18.5. The first-order valence-electron chi connectivity index (χ1n) is 7.59. The fourth-order valence-corrected chi connectivity index (χ4v) is 2.23. The van der Waals surface area contributed by atoms with Crippen molar-refractivity contribution in [3.05, 3.63) is 78.6 Å². The van der Waals surface area contributed by atoms with Crippen LogP contribution in [0.5, 0.6) is 0 Å². The van der Waals surface area contributed by atoms with Crippen LogP contribution in [0.2, 0.25) is 0 Å². The van der Waals surface area contributed by atoms with Crippen molar-refractivity contribution in [3.63, 3.8) is 0 Å². The van der Waals surface area contributed by atoms with E-state index >= 15 is 0 Å². The molecule has 3 aromatic rings. The number of hydrogen-bond donors (Lipinski definition) is 3. The maximum Gasteiger partial charge on any atom is 0.255 e. The quantitative estimate of drug-likeness (QED) is 0.431. The van der Waals surface area contributed by atoms with Crippen molar-refractivity contribution in [2.75, 3.05) is 16.4 Å². The number of amides is 1. The number of nitrogen functional groups attached to an aromatic ring is 1. The van der Waals surface area contributed by atoms with Crippen LogP contribution in [0.25, 0.3) is 0 Å². The zero-order chi connectivity index (χ0) is 16.9. The van der Waals surface area contributed by atoms with E-state index in [4.69, 9.17) is 5.73 Å². The van der Waals surface area contributed by atoms with E-state index in [1.807, 2.05) is 60.4 Å². The Kier molecular flexibility index (Phi) is 6.14. The summed E-state index contributed by atoms with van der Waals surface area (Å²) in [7, 11) is 1.97. The lowest BCUT2D eigenvalue weighted by Gasteiger charge is -2.08. The molecule has 0 bridgehead atoms. The Balaban J connectivity index is 0.00000225. The molecule has 0 aliphatic carbocycles.